The number of ether oxygens (including phenoxy) is 1. The van der Waals surface area contributed by atoms with Gasteiger partial charge in [-0.25, -0.2) is 9.78 Å². The van der Waals surface area contributed by atoms with Gasteiger partial charge in [-0.05, 0) is 38.0 Å². The molecule has 0 bridgehead atoms. The van der Waals surface area contributed by atoms with Crippen LogP contribution in [0.2, 0.25) is 0 Å². The van der Waals surface area contributed by atoms with Crippen molar-refractivity contribution in [3.63, 3.8) is 0 Å². The lowest BCUT2D eigenvalue weighted by atomic mass is 10.3. The second kappa shape index (κ2) is 7.26. The van der Waals surface area contributed by atoms with Gasteiger partial charge >= 0.3 is 5.97 Å². The van der Waals surface area contributed by atoms with E-state index in [1.165, 1.54) is 31.9 Å². The summed E-state index contributed by atoms with van der Waals surface area (Å²) in [4.78, 5) is 15.8. The standard InChI is InChI=1S/C17H22N4O2/c1-2-23-17(22)13-7-8-16(18-11-13)19-12-14-9-10-21(20-14)15-5-3-4-6-15/h7-11,15H,2-6,12H2,1H3,(H,18,19). The number of nitrogens with one attached hydrogen (secondary N) is 1. The summed E-state index contributed by atoms with van der Waals surface area (Å²) in [5.74, 6) is 0.371. The summed E-state index contributed by atoms with van der Waals surface area (Å²) in [5.41, 5.74) is 1.45. The number of rotatable bonds is 6. The third kappa shape index (κ3) is 3.88. The van der Waals surface area contributed by atoms with Crippen molar-refractivity contribution in [1.82, 2.24) is 14.8 Å². The van der Waals surface area contributed by atoms with Gasteiger partial charge in [0.15, 0.2) is 0 Å². The molecule has 0 unspecified atom stereocenters. The van der Waals surface area contributed by atoms with Crippen molar-refractivity contribution < 1.29 is 9.53 Å². The van der Waals surface area contributed by atoms with Crippen LogP contribution in [0.25, 0.3) is 0 Å². The molecule has 1 aliphatic rings. The fraction of sp³-hybridized carbons (Fsp3) is 0.471. The first-order chi connectivity index (χ1) is 11.3. The average molecular weight is 314 g/mol. The molecule has 3 rings (SSSR count). The minimum atomic E-state index is -0.346. The summed E-state index contributed by atoms with van der Waals surface area (Å²) in [6.45, 7) is 2.76. The number of nitrogens with zero attached hydrogens (tertiary/aromatic N) is 3. The van der Waals surface area contributed by atoms with Gasteiger partial charge in [0, 0.05) is 12.4 Å². The SMILES string of the molecule is CCOC(=O)c1ccc(NCc2ccn(C3CCCC3)n2)nc1. The van der Waals surface area contributed by atoms with Gasteiger partial charge in [0.25, 0.3) is 0 Å². The van der Waals surface area contributed by atoms with Crippen LogP contribution in [0.3, 0.4) is 0 Å². The van der Waals surface area contributed by atoms with Crippen LogP contribution >= 0.6 is 0 Å². The van der Waals surface area contributed by atoms with Crippen LogP contribution in [-0.4, -0.2) is 27.3 Å². The third-order valence-electron chi connectivity index (χ3n) is 4.09. The van der Waals surface area contributed by atoms with Gasteiger partial charge < -0.3 is 10.1 Å². The monoisotopic (exact) mass is 314 g/mol. The predicted octanol–water partition coefficient (Wildman–Crippen LogP) is 3.18. The van der Waals surface area contributed by atoms with Crippen LogP contribution in [-0.2, 0) is 11.3 Å². The molecule has 6 nitrogen and oxygen atoms in total. The molecule has 1 aliphatic carbocycles. The molecule has 0 spiro atoms. The van der Waals surface area contributed by atoms with Gasteiger partial charge in [0.05, 0.1) is 30.5 Å². The summed E-state index contributed by atoms with van der Waals surface area (Å²) >= 11 is 0. The molecule has 1 N–H and O–H groups in total. The molecule has 0 amide bonds. The van der Waals surface area contributed by atoms with Crippen molar-refractivity contribution in [2.75, 3.05) is 11.9 Å². The lowest BCUT2D eigenvalue weighted by Crippen LogP contribution is -2.08. The number of pyridine rings is 1. The fourth-order valence-electron chi connectivity index (χ4n) is 2.86. The molecule has 1 fully saturated rings. The number of anilines is 1. The number of hydrogen-bond donors (Lipinski definition) is 1. The van der Waals surface area contributed by atoms with Gasteiger partial charge in [0.1, 0.15) is 5.82 Å². The normalized spacial score (nSPS) is 14.8. The van der Waals surface area contributed by atoms with E-state index in [1.807, 2.05) is 6.07 Å². The first kappa shape index (κ1) is 15.5. The fourth-order valence-corrected chi connectivity index (χ4v) is 2.86. The van der Waals surface area contributed by atoms with E-state index in [2.05, 4.69) is 26.3 Å². The van der Waals surface area contributed by atoms with Crippen molar-refractivity contribution in [3.8, 4) is 0 Å². The first-order valence-electron chi connectivity index (χ1n) is 8.17. The summed E-state index contributed by atoms with van der Waals surface area (Å²) in [6, 6.07) is 6.09. The Balaban J connectivity index is 1.54. The molecule has 0 radical (unpaired) electrons. The molecule has 0 aliphatic heterocycles. The Morgan fingerprint density at radius 3 is 2.87 bits per heavy atom. The van der Waals surface area contributed by atoms with E-state index in [4.69, 9.17) is 4.74 Å². The van der Waals surface area contributed by atoms with Crippen LogP contribution in [0.4, 0.5) is 5.82 Å². The molecule has 1 saturated carbocycles. The van der Waals surface area contributed by atoms with Gasteiger partial charge in [-0.3, -0.25) is 4.68 Å². The Morgan fingerprint density at radius 2 is 2.17 bits per heavy atom. The van der Waals surface area contributed by atoms with E-state index in [0.29, 0.717) is 30.6 Å². The number of carbonyl (C=O) groups excluding carboxylic acids is 1. The molecule has 2 aromatic heterocycles. The van der Waals surface area contributed by atoms with Gasteiger partial charge in [-0.2, -0.15) is 5.10 Å². The van der Waals surface area contributed by atoms with Crippen molar-refractivity contribution in [1.29, 1.82) is 0 Å². The van der Waals surface area contributed by atoms with Crippen LogP contribution in [0.15, 0.2) is 30.6 Å². The Labute approximate surface area is 135 Å². The van der Waals surface area contributed by atoms with E-state index in [9.17, 15) is 4.79 Å². The zero-order chi connectivity index (χ0) is 16.1. The second-order valence-electron chi connectivity index (χ2n) is 5.73. The van der Waals surface area contributed by atoms with E-state index in [-0.39, 0.29) is 5.97 Å². The van der Waals surface area contributed by atoms with E-state index in [0.717, 1.165) is 5.69 Å². The first-order valence-corrected chi connectivity index (χ1v) is 8.17. The smallest absolute Gasteiger partial charge is 0.339 e. The van der Waals surface area contributed by atoms with Crippen LogP contribution < -0.4 is 5.32 Å². The molecule has 122 valence electrons. The third-order valence-corrected chi connectivity index (χ3v) is 4.09. The van der Waals surface area contributed by atoms with Crippen molar-refractivity contribution in [2.45, 2.75) is 45.2 Å². The van der Waals surface area contributed by atoms with Crippen molar-refractivity contribution in [3.05, 3.63) is 41.9 Å². The Morgan fingerprint density at radius 1 is 1.35 bits per heavy atom. The highest BCUT2D eigenvalue weighted by Crippen LogP contribution is 2.28. The maximum atomic E-state index is 11.6. The highest BCUT2D eigenvalue weighted by molar-refractivity contribution is 5.89. The van der Waals surface area contributed by atoms with E-state index in [1.54, 1.807) is 19.1 Å². The van der Waals surface area contributed by atoms with E-state index >= 15 is 0 Å². The zero-order valence-electron chi connectivity index (χ0n) is 13.4. The van der Waals surface area contributed by atoms with Gasteiger partial charge in [-0.15, -0.1) is 0 Å². The Bertz CT molecular complexity index is 645. The topological polar surface area (TPSA) is 69.0 Å². The average Bonchev–Trinajstić information content (AvgIpc) is 3.25. The number of aromatic nitrogens is 3. The lowest BCUT2D eigenvalue weighted by molar-refractivity contribution is 0.0526. The van der Waals surface area contributed by atoms with Gasteiger partial charge in [0.2, 0.25) is 0 Å². The Hall–Kier alpha value is -2.37. The minimum Gasteiger partial charge on any atom is -0.462 e. The van der Waals surface area contributed by atoms with E-state index < -0.39 is 0 Å². The minimum absolute atomic E-state index is 0.346. The summed E-state index contributed by atoms with van der Waals surface area (Å²) in [5, 5.41) is 7.85. The Kier molecular flexibility index (Phi) is 4.90. The highest BCUT2D eigenvalue weighted by Gasteiger charge is 2.17. The molecule has 23 heavy (non-hydrogen) atoms. The summed E-state index contributed by atoms with van der Waals surface area (Å²) in [6.07, 6.45) is 8.64. The maximum absolute atomic E-state index is 11.6. The number of esters is 1. The quantitative estimate of drug-likeness (QED) is 0.829. The molecule has 2 aromatic rings. The molecule has 2 heterocycles. The van der Waals surface area contributed by atoms with Gasteiger partial charge in [-0.1, -0.05) is 12.8 Å². The molecule has 0 atom stereocenters. The number of carbonyl (C=O) groups is 1. The van der Waals surface area contributed by atoms with Crippen LogP contribution in [0.5, 0.6) is 0 Å². The largest absolute Gasteiger partial charge is 0.462 e. The number of hydrogen-bond acceptors (Lipinski definition) is 5. The summed E-state index contributed by atoms with van der Waals surface area (Å²) in [7, 11) is 0. The zero-order valence-corrected chi connectivity index (χ0v) is 13.4. The van der Waals surface area contributed by atoms with Crippen LogP contribution in [0, 0.1) is 0 Å². The van der Waals surface area contributed by atoms with Crippen molar-refractivity contribution >= 4 is 11.8 Å². The maximum Gasteiger partial charge on any atom is 0.339 e. The molecule has 0 saturated heterocycles. The lowest BCUT2D eigenvalue weighted by Gasteiger charge is -2.09. The predicted molar refractivity (Wildman–Crippen MR) is 87.3 cm³/mol. The van der Waals surface area contributed by atoms with Crippen LogP contribution in [0.1, 0.15) is 54.7 Å². The summed E-state index contributed by atoms with van der Waals surface area (Å²) < 4.78 is 7.02. The molecular formula is C17H22N4O2. The molecular weight excluding hydrogens is 292 g/mol. The molecule has 6 heteroatoms. The highest BCUT2D eigenvalue weighted by atomic mass is 16.5. The molecule has 0 aromatic carbocycles. The van der Waals surface area contributed by atoms with Crippen molar-refractivity contribution in [2.24, 2.45) is 0 Å². The second-order valence-corrected chi connectivity index (χ2v) is 5.73.